The number of aryl methyl sites for hydroxylation is 1. The summed E-state index contributed by atoms with van der Waals surface area (Å²) in [5, 5.41) is 10.3. The van der Waals surface area contributed by atoms with E-state index in [1.165, 1.54) is 5.56 Å². The second kappa shape index (κ2) is 5.29. The Kier molecular flexibility index (Phi) is 4.30. The van der Waals surface area contributed by atoms with Crippen molar-refractivity contribution in [1.82, 2.24) is 0 Å². The van der Waals surface area contributed by atoms with E-state index in [1.807, 2.05) is 19.1 Å². The van der Waals surface area contributed by atoms with E-state index in [1.54, 1.807) is 0 Å². The Bertz CT molecular complexity index is 305. The van der Waals surface area contributed by atoms with Gasteiger partial charge in [-0.3, -0.25) is 0 Å². The largest absolute Gasteiger partial charge is 0.384 e. The first-order valence-corrected chi connectivity index (χ1v) is 5.68. The number of nitrogens with two attached hydrogens (primary N) is 1. The molecule has 0 fully saturated rings. The van der Waals surface area contributed by atoms with Crippen molar-refractivity contribution < 1.29 is 5.11 Å². The van der Waals surface area contributed by atoms with E-state index in [0.717, 1.165) is 18.4 Å². The molecule has 1 aromatic carbocycles. The first-order chi connectivity index (χ1) is 7.16. The molecule has 0 heterocycles. The van der Waals surface area contributed by atoms with Crippen LogP contribution in [0.1, 0.15) is 37.8 Å². The Morgan fingerprint density at radius 2 is 2.07 bits per heavy atom. The minimum Gasteiger partial charge on any atom is -0.384 e. The van der Waals surface area contributed by atoms with Crippen molar-refractivity contribution in [1.29, 1.82) is 0 Å². The van der Waals surface area contributed by atoms with Gasteiger partial charge in [-0.05, 0) is 24.0 Å². The number of rotatable bonds is 5. The van der Waals surface area contributed by atoms with Crippen LogP contribution < -0.4 is 5.73 Å². The van der Waals surface area contributed by atoms with E-state index in [4.69, 9.17) is 5.73 Å². The fourth-order valence-corrected chi connectivity index (χ4v) is 1.77. The Labute approximate surface area is 92.1 Å². The maximum absolute atomic E-state index is 10.3. The third-order valence-corrected chi connectivity index (χ3v) is 2.93. The van der Waals surface area contributed by atoms with E-state index < -0.39 is 5.60 Å². The monoisotopic (exact) mass is 207 g/mol. The second-order valence-corrected chi connectivity index (χ2v) is 4.04. The van der Waals surface area contributed by atoms with Crippen molar-refractivity contribution in [3.05, 3.63) is 35.4 Å². The lowest BCUT2D eigenvalue weighted by Gasteiger charge is -2.25. The quantitative estimate of drug-likeness (QED) is 0.777. The van der Waals surface area contributed by atoms with Gasteiger partial charge in [-0.15, -0.1) is 0 Å². The fraction of sp³-hybridized carbons (Fsp3) is 0.538. The van der Waals surface area contributed by atoms with Crippen LogP contribution in [0.2, 0.25) is 0 Å². The van der Waals surface area contributed by atoms with Gasteiger partial charge in [0, 0.05) is 6.54 Å². The van der Waals surface area contributed by atoms with Crippen LogP contribution in [0.25, 0.3) is 0 Å². The van der Waals surface area contributed by atoms with Gasteiger partial charge < -0.3 is 10.8 Å². The lowest BCUT2D eigenvalue weighted by Crippen LogP contribution is -2.34. The molecule has 0 amide bonds. The topological polar surface area (TPSA) is 46.2 Å². The van der Waals surface area contributed by atoms with Gasteiger partial charge in [-0.25, -0.2) is 0 Å². The molecular weight excluding hydrogens is 186 g/mol. The zero-order valence-corrected chi connectivity index (χ0v) is 9.66. The predicted octanol–water partition coefficient (Wildman–Crippen LogP) is 2.20. The molecule has 0 aliphatic rings. The van der Waals surface area contributed by atoms with Gasteiger partial charge in [0.15, 0.2) is 0 Å². The van der Waals surface area contributed by atoms with E-state index in [2.05, 4.69) is 19.1 Å². The molecule has 0 radical (unpaired) electrons. The molecule has 0 aliphatic carbocycles. The van der Waals surface area contributed by atoms with E-state index in [9.17, 15) is 5.11 Å². The molecule has 0 bridgehead atoms. The molecule has 2 heteroatoms. The van der Waals surface area contributed by atoms with Crippen LogP contribution in [0, 0.1) is 0 Å². The van der Waals surface area contributed by atoms with Crippen LogP contribution >= 0.6 is 0 Å². The second-order valence-electron chi connectivity index (χ2n) is 4.04. The first kappa shape index (κ1) is 12.2. The normalized spacial score (nSPS) is 14.9. The molecule has 2 nitrogen and oxygen atoms in total. The summed E-state index contributed by atoms with van der Waals surface area (Å²) >= 11 is 0. The van der Waals surface area contributed by atoms with Gasteiger partial charge >= 0.3 is 0 Å². The number of benzene rings is 1. The minimum atomic E-state index is -0.857. The van der Waals surface area contributed by atoms with Crippen molar-refractivity contribution >= 4 is 0 Å². The average molecular weight is 207 g/mol. The lowest BCUT2D eigenvalue weighted by molar-refractivity contribution is 0.0418. The summed E-state index contributed by atoms with van der Waals surface area (Å²) < 4.78 is 0. The van der Waals surface area contributed by atoms with Gasteiger partial charge in [0.1, 0.15) is 5.60 Å². The smallest absolute Gasteiger partial charge is 0.102 e. The van der Waals surface area contributed by atoms with Crippen molar-refractivity contribution in [2.75, 3.05) is 6.54 Å². The highest BCUT2D eigenvalue weighted by Crippen LogP contribution is 2.24. The summed E-state index contributed by atoms with van der Waals surface area (Å²) in [6, 6.07) is 8.12. The van der Waals surface area contributed by atoms with Gasteiger partial charge in [-0.2, -0.15) is 0 Å². The maximum Gasteiger partial charge on any atom is 0.102 e. The summed E-state index contributed by atoms with van der Waals surface area (Å²) in [5.74, 6) is 0. The molecule has 1 rings (SSSR count). The number of aliphatic hydroxyl groups is 1. The van der Waals surface area contributed by atoms with Crippen molar-refractivity contribution in [2.45, 2.75) is 38.7 Å². The summed E-state index contributed by atoms with van der Waals surface area (Å²) in [5.41, 5.74) is 6.98. The Morgan fingerprint density at radius 3 is 2.60 bits per heavy atom. The van der Waals surface area contributed by atoms with Gasteiger partial charge in [0.2, 0.25) is 0 Å². The first-order valence-electron chi connectivity index (χ1n) is 5.68. The van der Waals surface area contributed by atoms with E-state index >= 15 is 0 Å². The summed E-state index contributed by atoms with van der Waals surface area (Å²) in [6.45, 7) is 4.39. The molecule has 1 aromatic rings. The Hall–Kier alpha value is -0.860. The zero-order valence-electron chi connectivity index (χ0n) is 9.66. The van der Waals surface area contributed by atoms with Crippen LogP contribution in [0.5, 0.6) is 0 Å². The molecular formula is C13H21NO. The Balaban J connectivity index is 2.98. The molecule has 0 aromatic heterocycles. The fourth-order valence-electron chi connectivity index (χ4n) is 1.77. The van der Waals surface area contributed by atoms with Crippen LogP contribution in [0.3, 0.4) is 0 Å². The lowest BCUT2D eigenvalue weighted by atomic mass is 9.89. The molecule has 15 heavy (non-hydrogen) atoms. The third kappa shape index (κ3) is 2.80. The zero-order chi connectivity index (χ0) is 11.3. The SMILES string of the molecule is CCCc1cccc(C(O)(CC)CN)c1. The van der Waals surface area contributed by atoms with Crippen LogP contribution in [-0.2, 0) is 12.0 Å². The molecule has 1 atom stereocenters. The molecule has 84 valence electrons. The van der Waals surface area contributed by atoms with E-state index in [0.29, 0.717) is 6.42 Å². The number of hydrogen-bond donors (Lipinski definition) is 2. The standard InChI is InChI=1S/C13H21NO/c1-3-6-11-7-5-8-12(9-11)13(15,4-2)10-14/h5,7-9,15H,3-4,6,10,14H2,1-2H3. The minimum absolute atomic E-state index is 0.277. The Morgan fingerprint density at radius 1 is 1.33 bits per heavy atom. The number of hydrogen-bond acceptors (Lipinski definition) is 2. The average Bonchev–Trinajstić information content (AvgIpc) is 2.29. The molecule has 0 spiro atoms. The maximum atomic E-state index is 10.3. The molecule has 0 saturated heterocycles. The highest BCUT2D eigenvalue weighted by Gasteiger charge is 2.24. The molecule has 1 unspecified atom stereocenters. The van der Waals surface area contributed by atoms with Crippen LogP contribution in [0.4, 0.5) is 0 Å². The van der Waals surface area contributed by atoms with Gasteiger partial charge in [-0.1, -0.05) is 44.5 Å². The predicted molar refractivity (Wildman–Crippen MR) is 63.7 cm³/mol. The van der Waals surface area contributed by atoms with Crippen molar-refractivity contribution in [3.8, 4) is 0 Å². The molecule has 0 aliphatic heterocycles. The van der Waals surface area contributed by atoms with Gasteiger partial charge in [0.25, 0.3) is 0 Å². The summed E-state index contributed by atoms with van der Waals surface area (Å²) in [6.07, 6.45) is 2.83. The van der Waals surface area contributed by atoms with E-state index in [-0.39, 0.29) is 6.54 Å². The summed E-state index contributed by atoms with van der Waals surface area (Å²) in [4.78, 5) is 0. The highest BCUT2D eigenvalue weighted by atomic mass is 16.3. The summed E-state index contributed by atoms with van der Waals surface area (Å²) in [7, 11) is 0. The van der Waals surface area contributed by atoms with Crippen LogP contribution in [0.15, 0.2) is 24.3 Å². The van der Waals surface area contributed by atoms with Crippen molar-refractivity contribution in [3.63, 3.8) is 0 Å². The van der Waals surface area contributed by atoms with Crippen LogP contribution in [-0.4, -0.2) is 11.7 Å². The molecule has 0 saturated carbocycles. The highest BCUT2D eigenvalue weighted by molar-refractivity contribution is 5.28. The molecule has 3 N–H and O–H groups in total. The third-order valence-electron chi connectivity index (χ3n) is 2.93. The van der Waals surface area contributed by atoms with Gasteiger partial charge in [0.05, 0.1) is 0 Å². The van der Waals surface area contributed by atoms with Crippen molar-refractivity contribution in [2.24, 2.45) is 5.73 Å².